The zero-order valence-corrected chi connectivity index (χ0v) is 7.11. The van der Waals surface area contributed by atoms with Crippen LogP contribution in [-0.4, -0.2) is 18.5 Å². The van der Waals surface area contributed by atoms with Gasteiger partial charge in [-0.1, -0.05) is 11.2 Å². The van der Waals surface area contributed by atoms with Gasteiger partial charge in [0, 0.05) is 5.56 Å². The molecule has 1 N–H and O–H groups in total. The second kappa shape index (κ2) is 3.76. The molecular weight excluding hydrogens is 154 g/mol. The normalized spacial score (nSPS) is 10.5. The average molecular weight is 165 g/mol. The average Bonchev–Trinajstić information content (AvgIpc) is 2.08. The lowest BCUT2D eigenvalue weighted by atomic mass is 10.1. The van der Waals surface area contributed by atoms with E-state index in [-0.39, 0.29) is 0 Å². The number of benzene rings is 1. The van der Waals surface area contributed by atoms with Crippen LogP contribution in [0.3, 0.4) is 0 Å². The van der Waals surface area contributed by atoms with Crippen LogP contribution >= 0.6 is 0 Å². The van der Waals surface area contributed by atoms with Crippen LogP contribution in [0.1, 0.15) is 11.1 Å². The molecule has 0 amide bonds. The van der Waals surface area contributed by atoms with Crippen LogP contribution in [0.25, 0.3) is 0 Å². The molecule has 0 aliphatic heterocycles. The van der Waals surface area contributed by atoms with Crippen molar-refractivity contribution in [3.63, 3.8) is 0 Å². The van der Waals surface area contributed by atoms with Crippen molar-refractivity contribution in [1.82, 2.24) is 0 Å². The second-order valence-corrected chi connectivity index (χ2v) is 2.49. The fraction of sp³-hybridized carbons (Fsp3) is 0.222. The van der Waals surface area contributed by atoms with Gasteiger partial charge in [0.2, 0.25) is 0 Å². The molecule has 0 unspecified atom stereocenters. The Bertz CT molecular complexity index is 295. The predicted octanol–water partition coefficient (Wildman–Crippen LogP) is 1.81. The Balaban J connectivity index is 3.10. The molecule has 0 atom stereocenters. The van der Waals surface area contributed by atoms with Gasteiger partial charge < -0.3 is 9.94 Å². The summed E-state index contributed by atoms with van der Waals surface area (Å²) in [6.45, 7) is 1.97. The van der Waals surface area contributed by atoms with E-state index in [0.29, 0.717) is 5.75 Å². The first-order chi connectivity index (χ1) is 5.77. The molecule has 0 aliphatic rings. The number of hydrogen-bond acceptors (Lipinski definition) is 3. The van der Waals surface area contributed by atoms with Gasteiger partial charge in [0.05, 0.1) is 13.3 Å². The molecule has 0 aromatic heterocycles. The Hall–Kier alpha value is -1.51. The summed E-state index contributed by atoms with van der Waals surface area (Å²) in [5.74, 6) is 0.716. The van der Waals surface area contributed by atoms with Crippen LogP contribution < -0.4 is 4.74 Å². The molecule has 0 spiro atoms. The minimum absolute atomic E-state index is 0.716. The first-order valence-corrected chi connectivity index (χ1v) is 3.60. The number of nitrogens with zero attached hydrogens (tertiary/aromatic N) is 1. The molecule has 12 heavy (non-hydrogen) atoms. The highest BCUT2D eigenvalue weighted by Gasteiger charge is 1.99. The standard InChI is InChI=1S/C9H11NO2/c1-7-3-4-8(6-10-11)9(5-7)12-2/h3-6,11H,1-2H3/b10-6-. The third kappa shape index (κ3) is 1.75. The molecular formula is C9H11NO2. The Labute approximate surface area is 71.3 Å². The van der Waals surface area contributed by atoms with E-state index in [0.717, 1.165) is 11.1 Å². The fourth-order valence-electron chi connectivity index (χ4n) is 0.987. The van der Waals surface area contributed by atoms with E-state index in [1.165, 1.54) is 6.21 Å². The van der Waals surface area contributed by atoms with E-state index >= 15 is 0 Å². The maximum atomic E-state index is 8.32. The van der Waals surface area contributed by atoms with E-state index in [2.05, 4.69) is 5.16 Å². The van der Waals surface area contributed by atoms with Gasteiger partial charge in [0.25, 0.3) is 0 Å². The molecule has 1 rings (SSSR count). The summed E-state index contributed by atoms with van der Waals surface area (Å²) in [6, 6.07) is 5.66. The molecule has 0 bridgehead atoms. The second-order valence-electron chi connectivity index (χ2n) is 2.49. The van der Waals surface area contributed by atoms with Gasteiger partial charge in [0.15, 0.2) is 0 Å². The molecule has 0 saturated carbocycles. The molecule has 0 radical (unpaired) electrons. The van der Waals surface area contributed by atoms with E-state index in [9.17, 15) is 0 Å². The zero-order chi connectivity index (χ0) is 8.97. The smallest absolute Gasteiger partial charge is 0.128 e. The highest BCUT2D eigenvalue weighted by atomic mass is 16.5. The van der Waals surface area contributed by atoms with Gasteiger partial charge in [-0.3, -0.25) is 0 Å². The zero-order valence-electron chi connectivity index (χ0n) is 7.11. The lowest BCUT2D eigenvalue weighted by Crippen LogP contribution is -1.91. The maximum Gasteiger partial charge on any atom is 0.128 e. The van der Waals surface area contributed by atoms with Crippen molar-refractivity contribution in [2.75, 3.05) is 7.11 Å². The molecule has 1 aromatic carbocycles. The Morgan fingerprint density at radius 1 is 1.50 bits per heavy atom. The Morgan fingerprint density at radius 2 is 2.25 bits per heavy atom. The van der Waals surface area contributed by atoms with Crippen LogP contribution in [0, 0.1) is 6.92 Å². The number of hydrogen-bond donors (Lipinski definition) is 1. The lowest BCUT2D eigenvalue weighted by molar-refractivity contribution is 0.321. The summed E-state index contributed by atoms with van der Waals surface area (Å²) in [4.78, 5) is 0. The lowest BCUT2D eigenvalue weighted by Gasteiger charge is -2.03. The Morgan fingerprint density at radius 3 is 2.83 bits per heavy atom. The number of methoxy groups -OCH3 is 1. The molecule has 1 aromatic rings. The van der Waals surface area contributed by atoms with Crippen LogP contribution in [0.15, 0.2) is 23.4 Å². The Kier molecular flexibility index (Phi) is 2.69. The summed E-state index contributed by atoms with van der Waals surface area (Å²) in [5, 5.41) is 11.3. The summed E-state index contributed by atoms with van der Waals surface area (Å²) < 4.78 is 5.08. The van der Waals surface area contributed by atoms with Crippen LogP contribution in [0.4, 0.5) is 0 Å². The number of ether oxygens (including phenoxy) is 1. The summed E-state index contributed by atoms with van der Waals surface area (Å²) >= 11 is 0. The van der Waals surface area contributed by atoms with Gasteiger partial charge >= 0.3 is 0 Å². The van der Waals surface area contributed by atoms with Gasteiger partial charge in [0.1, 0.15) is 5.75 Å². The summed E-state index contributed by atoms with van der Waals surface area (Å²) in [6.07, 6.45) is 1.35. The summed E-state index contributed by atoms with van der Waals surface area (Å²) in [7, 11) is 1.59. The third-order valence-corrected chi connectivity index (χ3v) is 1.59. The van der Waals surface area contributed by atoms with Crippen molar-refractivity contribution in [2.45, 2.75) is 6.92 Å². The molecule has 3 heteroatoms. The topological polar surface area (TPSA) is 41.8 Å². The minimum Gasteiger partial charge on any atom is -0.496 e. The predicted molar refractivity (Wildman–Crippen MR) is 47.1 cm³/mol. The van der Waals surface area contributed by atoms with Crippen molar-refractivity contribution >= 4 is 6.21 Å². The van der Waals surface area contributed by atoms with Crippen molar-refractivity contribution in [3.05, 3.63) is 29.3 Å². The van der Waals surface area contributed by atoms with Gasteiger partial charge in [-0.15, -0.1) is 0 Å². The molecule has 0 fully saturated rings. The van der Waals surface area contributed by atoms with Crippen molar-refractivity contribution < 1.29 is 9.94 Å². The quantitative estimate of drug-likeness (QED) is 0.412. The van der Waals surface area contributed by atoms with Gasteiger partial charge in [-0.25, -0.2) is 0 Å². The van der Waals surface area contributed by atoms with Crippen LogP contribution in [-0.2, 0) is 0 Å². The van der Waals surface area contributed by atoms with E-state index in [1.807, 2.05) is 25.1 Å². The number of rotatable bonds is 2. The molecule has 0 aliphatic carbocycles. The first-order valence-electron chi connectivity index (χ1n) is 3.60. The number of oxime groups is 1. The molecule has 0 heterocycles. The fourth-order valence-corrected chi connectivity index (χ4v) is 0.987. The number of aryl methyl sites for hydroxylation is 1. The van der Waals surface area contributed by atoms with E-state index < -0.39 is 0 Å². The maximum absolute atomic E-state index is 8.32. The van der Waals surface area contributed by atoms with Crippen molar-refractivity contribution in [2.24, 2.45) is 5.16 Å². The largest absolute Gasteiger partial charge is 0.496 e. The van der Waals surface area contributed by atoms with Crippen LogP contribution in [0.5, 0.6) is 5.75 Å². The monoisotopic (exact) mass is 165 g/mol. The van der Waals surface area contributed by atoms with E-state index in [4.69, 9.17) is 9.94 Å². The molecule has 0 saturated heterocycles. The van der Waals surface area contributed by atoms with E-state index in [1.54, 1.807) is 7.11 Å². The SMILES string of the molecule is COc1cc(C)ccc1/C=N\O. The first kappa shape index (κ1) is 8.59. The molecule has 64 valence electrons. The highest BCUT2D eigenvalue weighted by Crippen LogP contribution is 2.17. The summed E-state index contributed by atoms with van der Waals surface area (Å²) in [5.41, 5.74) is 1.88. The van der Waals surface area contributed by atoms with Crippen molar-refractivity contribution in [1.29, 1.82) is 0 Å². The van der Waals surface area contributed by atoms with Gasteiger partial charge in [-0.2, -0.15) is 0 Å². The van der Waals surface area contributed by atoms with Gasteiger partial charge in [-0.05, 0) is 24.6 Å². The van der Waals surface area contributed by atoms with Crippen molar-refractivity contribution in [3.8, 4) is 5.75 Å². The van der Waals surface area contributed by atoms with Crippen LogP contribution in [0.2, 0.25) is 0 Å². The highest BCUT2D eigenvalue weighted by molar-refractivity contribution is 5.83. The molecule has 3 nitrogen and oxygen atoms in total. The third-order valence-electron chi connectivity index (χ3n) is 1.59. The minimum atomic E-state index is 0.716.